The Balaban J connectivity index is 1.46. The number of piperazine rings is 1. The van der Waals surface area contributed by atoms with Gasteiger partial charge in [0.15, 0.2) is 0 Å². The summed E-state index contributed by atoms with van der Waals surface area (Å²) in [6.07, 6.45) is 0.703. The van der Waals surface area contributed by atoms with Crippen LogP contribution in [0.4, 0.5) is 18.9 Å². The third-order valence-corrected chi connectivity index (χ3v) is 5.92. The standard InChI is InChI=1S/C20H25ClF3N3O2/c21-17-6-5-15(12-16(17)20(22,23)24)25-18(28)13-26-7-9-27(10-8-26)19(29)11-14-3-1-2-4-14/h5-6,12,14H,1-4,7-11,13H2,(H,25,28). The summed E-state index contributed by atoms with van der Waals surface area (Å²) in [5, 5.41) is 2.08. The van der Waals surface area contributed by atoms with Crippen LogP contribution in [0.1, 0.15) is 37.7 Å². The fourth-order valence-corrected chi connectivity index (χ4v) is 4.19. The third-order valence-electron chi connectivity index (χ3n) is 5.59. The second kappa shape index (κ2) is 9.34. The van der Waals surface area contributed by atoms with Gasteiger partial charge in [0.1, 0.15) is 0 Å². The Hall–Kier alpha value is -1.80. The smallest absolute Gasteiger partial charge is 0.340 e. The SMILES string of the molecule is O=C(CN1CCN(C(=O)CC2CCCC2)CC1)Nc1ccc(Cl)c(C(F)(F)F)c1. The largest absolute Gasteiger partial charge is 0.417 e. The van der Waals surface area contributed by atoms with E-state index in [0.717, 1.165) is 25.0 Å². The molecule has 2 aliphatic rings. The first-order chi connectivity index (χ1) is 13.7. The highest BCUT2D eigenvalue weighted by Crippen LogP contribution is 2.36. The molecular formula is C20H25ClF3N3O2. The predicted octanol–water partition coefficient (Wildman–Crippen LogP) is 4.02. The van der Waals surface area contributed by atoms with Crippen molar-refractivity contribution in [3.63, 3.8) is 0 Å². The van der Waals surface area contributed by atoms with Crippen molar-refractivity contribution < 1.29 is 22.8 Å². The average Bonchev–Trinajstić information content (AvgIpc) is 3.16. The lowest BCUT2D eigenvalue weighted by Gasteiger charge is -2.34. The van der Waals surface area contributed by atoms with Crippen LogP contribution in [0.3, 0.4) is 0 Å². The number of halogens is 4. The van der Waals surface area contributed by atoms with E-state index in [1.54, 1.807) is 0 Å². The molecule has 29 heavy (non-hydrogen) atoms. The van der Waals surface area contributed by atoms with E-state index >= 15 is 0 Å². The summed E-state index contributed by atoms with van der Waals surface area (Å²) in [6.45, 7) is 2.33. The molecule has 3 rings (SSSR count). The Morgan fingerprint density at radius 3 is 2.38 bits per heavy atom. The van der Waals surface area contributed by atoms with E-state index < -0.39 is 22.7 Å². The van der Waals surface area contributed by atoms with Crippen LogP contribution in [-0.2, 0) is 15.8 Å². The zero-order valence-electron chi connectivity index (χ0n) is 16.1. The second-order valence-corrected chi connectivity index (χ2v) is 8.16. The fraction of sp³-hybridized carbons (Fsp3) is 0.600. The van der Waals surface area contributed by atoms with Crippen molar-refractivity contribution in [1.29, 1.82) is 0 Å². The molecule has 0 spiro atoms. The van der Waals surface area contributed by atoms with E-state index in [-0.39, 0.29) is 18.1 Å². The summed E-state index contributed by atoms with van der Waals surface area (Å²) in [4.78, 5) is 28.4. The first-order valence-electron chi connectivity index (χ1n) is 9.89. The molecule has 1 N–H and O–H groups in total. The highest BCUT2D eigenvalue weighted by Gasteiger charge is 2.33. The lowest BCUT2D eigenvalue weighted by molar-refractivity contribution is -0.137. The highest BCUT2D eigenvalue weighted by molar-refractivity contribution is 6.31. The van der Waals surface area contributed by atoms with Gasteiger partial charge in [0, 0.05) is 38.3 Å². The van der Waals surface area contributed by atoms with Gasteiger partial charge in [0.25, 0.3) is 0 Å². The van der Waals surface area contributed by atoms with Crippen LogP contribution in [0, 0.1) is 5.92 Å². The van der Waals surface area contributed by atoms with E-state index in [0.29, 0.717) is 38.5 Å². The fourth-order valence-electron chi connectivity index (χ4n) is 3.97. The summed E-state index contributed by atoms with van der Waals surface area (Å²) >= 11 is 5.59. The molecule has 2 amide bonds. The van der Waals surface area contributed by atoms with E-state index in [1.165, 1.54) is 18.9 Å². The molecule has 1 aromatic rings. The van der Waals surface area contributed by atoms with Crippen molar-refractivity contribution in [1.82, 2.24) is 9.80 Å². The van der Waals surface area contributed by atoms with Crippen LogP contribution >= 0.6 is 11.6 Å². The van der Waals surface area contributed by atoms with Crippen molar-refractivity contribution in [2.45, 2.75) is 38.3 Å². The van der Waals surface area contributed by atoms with Gasteiger partial charge in [-0.3, -0.25) is 14.5 Å². The van der Waals surface area contributed by atoms with Crippen LogP contribution in [0.15, 0.2) is 18.2 Å². The second-order valence-electron chi connectivity index (χ2n) is 7.75. The zero-order valence-corrected chi connectivity index (χ0v) is 16.9. The number of carbonyl (C=O) groups excluding carboxylic acids is 2. The first kappa shape index (κ1) is 21.9. The van der Waals surface area contributed by atoms with E-state index in [9.17, 15) is 22.8 Å². The monoisotopic (exact) mass is 431 g/mol. The Bertz CT molecular complexity index is 743. The number of rotatable bonds is 5. The zero-order chi connectivity index (χ0) is 21.0. The van der Waals surface area contributed by atoms with Gasteiger partial charge in [-0.1, -0.05) is 24.4 Å². The van der Waals surface area contributed by atoms with Gasteiger partial charge in [0.2, 0.25) is 11.8 Å². The lowest BCUT2D eigenvalue weighted by Crippen LogP contribution is -2.50. The predicted molar refractivity (Wildman–Crippen MR) is 105 cm³/mol. The molecule has 1 aliphatic heterocycles. The van der Waals surface area contributed by atoms with Gasteiger partial charge in [-0.15, -0.1) is 0 Å². The number of anilines is 1. The molecule has 0 atom stereocenters. The average molecular weight is 432 g/mol. The van der Waals surface area contributed by atoms with Gasteiger partial charge in [-0.2, -0.15) is 13.2 Å². The summed E-state index contributed by atoms with van der Waals surface area (Å²) in [5.74, 6) is 0.292. The summed E-state index contributed by atoms with van der Waals surface area (Å²) in [6, 6.07) is 3.30. The Morgan fingerprint density at radius 2 is 1.76 bits per heavy atom. The molecule has 1 saturated carbocycles. The quantitative estimate of drug-likeness (QED) is 0.766. The maximum absolute atomic E-state index is 12.9. The lowest BCUT2D eigenvalue weighted by atomic mass is 10.0. The molecule has 1 saturated heterocycles. The van der Waals surface area contributed by atoms with Crippen LogP contribution < -0.4 is 5.32 Å². The number of hydrogen-bond donors (Lipinski definition) is 1. The number of amides is 2. The molecule has 0 unspecified atom stereocenters. The summed E-state index contributed by atoms with van der Waals surface area (Å²) in [5.41, 5.74) is -0.927. The number of benzene rings is 1. The number of hydrogen-bond acceptors (Lipinski definition) is 3. The molecule has 5 nitrogen and oxygen atoms in total. The summed E-state index contributed by atoms with van der Waals surface area (Å²) in [7, 11) is 0. The van der Waals surface area contributed by atoms with Gasteiger partial charge in [-0.05, 0) is 37.0 Å². The van der Waals surface area contributed by atoms with E-state index in [1.807, 2.05) is 9.80 Å². The minimum Gasteiger partial charge on any atom is -0.340 e. The van der Waals surface area contributed by atoms with E-state index in [4.69, 9.17) is 11.6 Å². The van der Waals surface area contributed by atoms with Crippen LogP contribution in [0.25, 0.3) is 0 Å². The number of carbonyl (C=O) groups is 2. The van der Waals surface area contributed by atoms with Crippen molar-refractivity contribution >= 4 is 29.1 Å². The number of nitrogens with zero attached hydrogens (tertiary/aromatic N) is 2. The third kappa shape index (κ3) is 6.09. The van der Waals surface area contributed by atoms with Crippen LogP contribution in [-0.4, -0.2) is 54.3 Å². The topological polar surface area (TPSA) is 52.7 Å². The van der Waals surface area contributed by atoms with Gasteiger partial charge < -0.3 is 10.2 Å². The number of nitrogens with one attached hydrogen (secondary N) is 1. The van der Waals surface area contributed by atoms with Crippen LogP contribution in [0.5, 0.6) is 0 Å². The minimum absolute atomic E-state index is 0.0529. The van der Waals surface area contributed by atoms with E-state index in [2.05, 4.69) is 5.32 Å². The Labute approximate surface area is 173 Å². The molecule has 1 aliphatic carbocycles. The maximum atomic E-state index is 12.9. The molecule has 9 heteroatoms. The molecular weight excluding hydrogens is 407 g/mol. The molecule has 0 radical (unpaired) electrons. The molecule has 1 heterocycles. The molecule has 2 fully saturated rings. The highest BCUT2D eigenvalue weighted by atomic mass is 35.5. The van der Waals surface area contributed by atoms with Crippen molar-refractivity contribution in [2.24, 2.45) is 5.92 Å². The maximum Gasteiger partial charge on any atom is 0.417 e. The summed E-state index contributed by atoms with van der Waals surface area (Å²) < 4.78 is 38.8. The van der Waals surface area contributed by atoms with Gasteiger partial charge >= 0.3 is 6.18 Å². The molecule has 160 valence electrons. The van der Waals surface area contributed by atoms with Gasteiger partial charge in [0.05, 0.1) is 17.1 Å². The van der Waals surface area contributed by atoms with Gasteiger partial charge in [-0.25, -0.2) is 0 Å². The van der Waals surface area contributed by atoms with Crippen LogP contribution in [0.2, 0.25) is 5.02 Å². The number of alkyl halides is 3. The minimum atomic E-state index is -4.58. The molecule has 0 aromatic heterocycles. The van der Waals surface area contributed by atoms with Crippen molar-refractivity contribution in [2.75, 3.05) is 38.0 Å². The normalized spacial score (nSPS) is 18.8. The Morgan fingerprint density at radius 1 is 1.10 bits per heavy atom. The first-order valence-corrected chi connectivity index (χ1v) is 10.3. The molecule has 0 bridgehead atoms. The van der Waals surface area contributed by atoms with Crippen molar-refractivity contribution in [3.05, 3.63) is 28.8 Å². The van der Waals surface area contributed by atoms with Crippen molar-refractivity contribution in [3.8, 4) is 0 Å². The molecule has 1 aromatic carbocycles. The Kier molecular flexibility index (Phi) is 7.05.